The second-order valence-corrected chi connectivity index (χ2v) is 7.73. The molecule has 2 aromatic carbocycles. The largest absolute Gasteiger partial charge is 0.321 e. The Morgan fingerprint density at radius 1 is 1.09 bits per heavy atom. The van der Waals surface area contributed by atoms with E-state index in [9.17, 15) is 10.1 Å². The highest BCUT2D eigenvalue weighted by molar-refractivity contribution is 6.10. The Kier molecular flexibility index (Phi) is 6.42. The SMILES string of the molecule is Cc1cccc(NC(=O)/C(C#N)=C/c2cn(Cc3ccccc3)nc2-c2cccnc2)c1C. The summed E-state index contributed by atoms with van der Waals surface area (Å²) in [5.74, 6) is -0.459. The molecule has 2 heterocycles. The molecule has 0 unspecified atom stereocenters. The van der Waals surface area contributed by atoms with Crippen LogP contribution in [-0.2, 0) is 11.3 Å². The maximum absolute atomic E-state index is 12.9. The Morgan fingerprint density at radius 3 is 2.64 bits per heavy atom. The molecule has 0 bridgehead atoms. The summed E-state index contributed by atoms with van der Waals surface area (Å²) in [6.45, 7) is 4.49. The summed E-state index contributed by atoms with van der Waals surface area (Å²) in [5, 5.41) is 17.3. The second-order valence-electron chi connectivity index (χ2n) is 7.73. The zero-order chi connectivity index (χ0) is 23.2. The molecule has 0 spiro atoms. The van der Waals surface area contributed by atoms with Crippen LogP contribution in [0.15, 0.2) is 84.8 Å². The number of nitrogens with zero attached hydrogens (tertiary/aromatic N) is 4. The molecular formula is C27H23N5O. The van der Waals surface area contributed by atoms with Crippen LogP contribution in [0, 0.1) is 25.2 Å². The molecule has 0 aliphatic carbocycles. The van der Waals surface area contributed by atoms with Gasteiger partial charge in [-0.05, 0) is 54.8 Å². The molecule has 0 fully saturated rings. The van der Waals surface area contributed by atoms with E-state index in [2.05, 4.69) is 10.3 Å². The van der Waals surface area contributed by atoms with Crippen LogP contribution in [0.4, 0.5) is 5.69 Å². The van der Waals surface area contributed by atoms with Crippen molar-refractivity contribution in [2.75, 3.05) is 5.32 Å². The minimum absolute atomic E-state index is 0.000285. The van der Waals surface area contributed by atoms with Gasteiger partial charge in [0, 0.05) is 35.4 Å². The summed E-state index contributed by atoms with van der Waals surface area (Å²) >= 11 is 0. The van der Waals surface area contributed by atoms with E-state index in [0.717, 1.165) is 22.3 Å². The number of carbonyl (C=O) groups is 1. The highest BCUT2D eigenvalue weighted by atomic mass is 16.1. The molecule has 2 aromatic heterocycles. The monoisotopic (exact) mass is 433 g/mol. The smallest absolute Gasteiger partial charge is 0.266 e. The molecule has 0 atom stereocenters. The number of aromatic nitrogens is 3. The van der Waals surface area contributed by atoms with Crippen LogP contribution in [0.5, 0.6) is 0 Å². The van der Waals surface area contributed by atoms with Gasteiger partial charge in [0.25, 0.3) is 5.91 Å². The van der Waals surface area contributed by atoms with Crippen LogP contribution < -0.4 is 5.32 Å². The average molecular weight is 434 g/mol. The lowest BCUT2D eigenvalue weighted by atomic mass is 10.1. The van der Waals surface area contributed by atoms with Crippen molar-refractivity contribution in [2.45, 2.75) is 20.4 Å². The second kappa shape index (κ2) is 9.75. The van der Waals surface area contributed by atoms with Gasteiger partial charge in [-0.15, -0.1) is 0 Å². The van der Waals surface area contributed by atoms with Crippen molar-refractivity contribution in [3.05, 3.63) is 107 Å². The fourth-order valence-electron chi connectivity index (χ4n) is 3.50. The Bertz CT molecular complexity index is 1350. The van der Waals surface area contributed by atoms with Gasteiger partial charge in [-0.25, -0.2) is 0 Å². The van der Waals surface area contributed by atoms with E-state index in [-0.39, 0.29) is 5.57 Å². The standard InChI is InChI=1S/C27H23N5O/c1-19-8-6-12-25(20(19)2)30-27(33)23(15-28)14-24-18-32(17-21-9-4-3-5-10-21)31-26(24)22-11-7-13-29-16-22/h3-14,16,18H,17H2,1-2H3,(H,30,33)/b23-14+. The predicted molar refractivity (Wildman–Crippen MR) is 129 cm³/mol. The fraction of sp³-hybridized carbons (Fsp3) is 0.111. The highest BCUT2D eigenvalue weighted by Gasteiger charge is 2.16. The van der Waals surface area contributed by atoms with E-state index in [1.165, 1.54) is 0 Å². The molecule has 4 aromatic rings. The number of pyridine rings is 1. The molecule has 1 N–H and O–H groups in total. The lowest BCUT2D eigenvalue weighted by Gasteiger charge is -2.09. The third-order valence-corrected chi connectivity index (χ3v) is 5.43. The van der Waals surface area contributed by atoms with Crippen LogP contribution in [0.25, 0.3) is 17.3 Å². The molecule has 6 heteroatoms. The minimum atomic E-state index is -0.459. The Balaban J connectivity index is 1.70. The van der Waals surface area contributed by atoms with Crippen LogP contribution in [0.3, 0.4) is 0 Å². The summed E-state index contributed by atoms with van der Waals surface area (Å²) in [5.41, 5.74) is 5.96. The van der Waals surface area contributed by atoms with Gasteiger partial charge in [-0.3, -0.25) is 14.5 Å². The zero-order valence-electron chi connectivity index (χ0n) is 18.5. The zero-order valence-corrected chi connectivity index (χ0v) is 18.5. The van der Waals surface area contributed by atoms with Crippen LogP contribution in [-0.4, -0.2) is 20.7 Å². The van der Waals surface area contributed by atoms with E-state index >= 15 is 0 Å². The van der Waals surface area contributed by atoms with Crippen molar-refractivity contribution in [3.63, 3.8) is 0 Å². The third kappa shape index (κ3) is 5.05. The number of benzene rings is 2. The average Bonchev–Trinajstić information content (AvgIpc) is 3.23. The first-order valence-corrected chi connectivity index (χ1v) is 10.6. The molecule has 162 valence electrons. The summed E-state index contributed by atoms with van der Waals surface area (Å²) in [7, 11) is 0. The summed E-state index contributed by atoms with van der Waals surface area (Å²) in [6.07, 6.45) is 6.84. The van der Waals surface area contributed by atoms with E-state index in [4.69, 9.17) is 5.10 Å². The van der Waals surface area contributed by atoms with E-state index in [1.807, 2.05) is 86.8 Å². The highest BCUT2D eigenvalue weighted by Crippen LogP contribution is 2.25. The molecule has 0 radical (unpaired) electrons. The Labute approximate surface area is 192 Å². The number of anilines is 1. The summed E-state index contributed by atoms with van der Waals surface area (Å²) in [4.78, 5) is 17.1. The van der Waals surface area contributed by atoms with Gasteiger partial charge in [0.1, 0.15) is 17.3 Å². The molecule has 1 amide bonds. The lowest BCUT2D eigenvalue weighted by Crippen LogP contribution is -2.14. The van der Waals surface area contributed by atoms with Crippen molar-refractivity contribution in [1.82, 2.24) is 14.8 Å². The first-order valence-electron chi connectivity index (χ1n) is 10.6. The number of rotatable bonds is 6. The number of carbonyl (C=O) groups excluding carboxylic acids is 1. The Hall–Kier alpha value is -4.50. The summed E-state index contributed by atoms with van der Waals surface area (Å²) < 4.78 is 1.81. The fourth-order valence-corrected chi connectivity index (χ4v) is 3.50. The number of hydrogen-bond donors (Lipinski definition) is 1. The lowest BCUT2D eigenvalue weighted by molar-refractivity contribution is -0.112. The van der Waals surface area contributed by atoms with Crippen molar-refractivity contribution in [3.8, 4) is 17.3 Å². The first kappa shape index (κ1) is 21.7. The van der Waals surface area contributed by atoms with Gasteiger partial charge < -0.3 is 5.32 Å². The van der Waals surface area contributed by atoms with Gasteiger partial charge in [0.2, 0.25) is 0 Å². The molecule has 4 rings (SSSR count). The van der Waals surface area contributed by atoms with E-state index in [0.29, 0.717) is 23.5 Å². The molecule has 0 aliphatic heterocycles. The predicted octanol–water partition coefficient (Wildman–Crippen LogP) is 5.16. The van der Waals surface area contributed by atoms with Gasteiger partial charge in [0.15, 0.2) is 0 Å². The van der Waals surface area contributed by atoms with Crippen LogP contribution in [0.1, 0.15) is 22.3 Å². The molecule has 33 heavy (non-hydrogen) atoms. The maximum atomic E-state index is 12.9. The van der Waals surface area contributed by atoms with Gasteiger partial charge in [-0.2, -0.15) is 10.4 Å². The van der Waals surface area contributed by atoms with Crippen LogP contribution in [0.2, 0.25) is 0 Å². The van der Waals surface area contributed by atoms with Crippen molar-refractivity contribution < 1.29 is 4.79 Å². The first-order chi connectivity index (χ1) is 16.0. The maximum Gasteiger partial charge on any atom is 0.266 e. The molecule has 0 saturated heterocycles. The van der Waals surface area contributed by atoms with Gasteiger partial charge >= 0.3 is 0 Å². The molecular weight excluding hydrogens is 410 g/mol. The number of amides is 1. The van der Waals surface area contributed by atoms with Crippen molar-refractivity contribution in [2.24, 2.45) is 0 Å². The van der Waals surface area contributed by atoms with E-state index in [1.54, 1.807) is 23.2 Å². The normalized spacial score (nSPS) is 11.1. The van der Waals surface area contributed by atoms with Crippen molar-refractivity contribution >= 4 is 17.7 Å². The number of nitrogens with one attached hydrogen (secondary N) is 1. The molecule has 0 saturated carbocycles. The third-order valence-electron chi connectivity index (χ3n) is 5.43. The Morgan fingerprint density at radius 2 is 1.91 bits per heavy atom. The molecule has 6 nitrogen and oxygen atoms in total. The number of aryl methyl sites for hydroxylation is 1. The van der Waals surface area contributed by atoms with Gasteiger partial charge in [0.05, 0.1) is 6.54 Å². The molecule has 0 aliphatic rings. The number of hydrogen-bond acceptors (Lipinski definition) is 4. The quantitative estimate of drug-likeness (QED) is 0.336. The minimum Gasteiger partial charge on any atom is -0.321 e. The topological polar surface area (TPSA) is 83.6 Å². The van der Waals surface area contributed by atoms with Crippen LogP contribution >= 0.6 is 0 Å². The van der Waals surface area contributed by atoms with Gasteiger partial charge in [-0.1, -0.05) is 42.5 Å². The summed E-state index contributed by atoms with van der Waals surface area (Å²) in [6, 6.07) is 21.4. The van der Waals surface area contributed by atoms with Crippen molar-refractivity contribution in [1.29, 1.82) is 5.26 Å². The number of nitriles is 1. The van der Waals surface area contributed by atoms with E-state index < -0.39 is 5.91 Å².